The second kappa shape index (κ2) is 10.3. The zero-order valence-electron chi connectivity index (χ0n) is 14.9. The van der Waals surface area contributed by atoms with Gasteiger partial charge in [0.05, 0.1) is 6.04 Å². The molecule has 0 aliphatic carbocycles. The van der Waals surface area contributed by atoms with Crippen LogP contribution in [-0.2, 0) is 4.79 Å². The summed E-state index contributed by atoms with van der Waals surface area (Å²) in [7, 11) is 0. The summed E-state index contributed by atoms with van der Waals surface area (Å²) in [6, 6.07) is 9.00. The van der Waals surface area contributed by atoms with Gasteiger partial charge >= 0.3 is 0 Å². The third kappa shape index (κ3) is 6.27. The van der Waals surface area contributed by atoms with Gasteiger partial charge in [0, 0.05) is 30.9 Å². The molecule has 2 aromatic rings. The molecule has 1 atom stereocenters. The molecular formula is C20H24FN3O2. The van der Waals surface area contributed by atoms with Crippen molar-refractivity contribution in [2.75, 3.05) is 6.54 Å². The maximum absolute atomic E-state index is 12.9. The van der Waals surface area contributed by atoms with Crippen LogP contribution in [0.15, 0.2) is 48.8 Å². The van der Waals surface area contributed by atoms with Crippen molar-refractivity contribution in [3.63, 3.8) is 0 Å². The molecule has 0 aliphatic rings. The van der Waals surface area contributed by atoms with Gasteiger partial charge in [-0.2, -0.15) is 0 Å². The van der Waals surface area contributed by atoms with Gasteiger partial charge in [-0.05, 0) is 42.3 Å². The minimum atomic E-state index is -0.394. The molecule has 0 saturated heterocycles. The fraction of sp³-hybridized carbons (Fsp3) is 0.350. The first-order chi connectivity index (χ1) is 12.6. The van der Waals surface area contributed by atoms with Crippen LogP contribution in [0.2, 0.25) is 0 Å². The smallest absolute Gasteiger partial charge is 0.251 e. The number of unbranched alkanes of at least 4 members (excludes halogenated alkanes) is 1. The normalized spacial score (nSPS) is 11.6. The monoisotopic (exact) mass is 357 g/mol. The minimum Gasteiger partial charge on any atom is -0.352 e. The van der Waals surface area contributed by atoms with Crippen molar-refractivity contribution in [2.24, 2.45) is 0 Å². The lowest BCUT2D eigenvalue weighted by atomic mass is 10.0. The van der Waals surface area contributed by atoms with Gasteiger partial charge in [-0.15, -0.1) is 0 Å². The highest BCUT2D eigenvalue weighted by Gasteiger charge is 2.14. The maximum atomic E-state index is 12.9. The average Bonchev–Trinajstić information content (AvgIpc) is 2.66. The van der Waals surface area contributed by atoms with Gasteiger partial charge in [-0.3, -0.25) is 14.6 Å². The van der Waals surface area contributed by atoms with E-state index in [0.29, 0.717) is 5.56 Å². The molecule has 1 heterocycles. The highest BCUT2D eigenvalue weighted by Crippen LogP contribution is 2.18. The Kier molecular flexibility index (Phi) is 7.74. The van der Waals surface area contributed by atoms with Crippen LogP contribution in [0.4, 0.5) is 4.39 Å². The third-order valence-electron chi connectivity index (χ3n) is 4.01. The van der Waals surface area contributed by atoms with Crippen LogP contribution in [-0.4, -0.2) is 23.3 Å². The van der Waals surface area contributed by atoms with Crippen LogP contribution in [0.3, 0.4) is 0 Å². The van der Waals surface area contributed by atoms with Crippen LogP contribution >= 0.6 is 0 Å². The molecule has 0 spiro atoms. The lowest BCUT2D eigenvalue weighted by molar-refractivity contribution is -0.121. The third-order valence-corrected chi connectivity index (χ3v) is 4.01. The quantitative estimate of drug-likeness (QED) is 0.723. The zero-order valence-corrected chi connectivity index (χ0v) is 14.9. The van der Waals surface area contributed by atoms with E-state index in [1.54, 1.807) is 12.4 Å². The van der Waals surface area contributed by atoms with Crippen molar-refractivity contribution < 1.29 is 14.0 Å². The topological polar surface area (TPSA) is 71.1 Å². The zero-order chi connectivity index (χ0) is 18.8. The summed E-state index contributed by atoms with van der Waals surface area (Å²) in [4.78, 5) is 28.3. The number of benzene rings is 1. The Morgan fingerprint density at radius 1 is 1.19 bits per heavy atom. The predicted octanol–water partition coefficient (Wildman–Crippen LogP) is 3.39. The molecule has 1 aromatic heterocycles. The second-order valence-corrected chi connectivity index (χ2v) is 6.06. The van der Waals surface area contributed by atoms with Crippen molar-refractivity contribution in [3.8, 4) is 0 Å². The fourth-order valence-corrected chi connectivity index (χ4v) is 2.57. The average molecular weight is 357 g/mol. The number of nitrogens with zero attached hydrogens (tertiary/aromatic N) is 1. The summed E-state index contributed by atoms with van der Waals surface area (Å²) >= 11 is 0. The van der Waals surface area contributed by atoms with E-state index < -0.39 is 5.82 Å². The van der Waals surface area contributed by atoms with E-state index in [2.05, 4.69) is 22.5 Å². The summed E-state index contributed by atoms with van der Waals surface area (Å²) in [5.41, 5.74) is 1.34. The van der Waals surface area contributed by atoms with Gasteiger partial charge in [0.15, 0.2) is 0 Å². The Balaban J connectivity index is 1.82. The van der Waals surface area contributed by atoms with E-state index in [-0.39, 0.29) is 30.8 Å². The molecule has 0 saturated carbocycles. The number of carbonyl (C=O) groups excluding carboxylic acids is 2. The van der Waals surface area contributed by atoms with E-state index >= 15 is 0 Å². The Labute approximate surface area is 153 Å². The molecule has 0 aliphatic heterocycles. The summed E-state index contributed by atoms with van der Waals surface area (Å²) in [6.45, 7) is 2.32. The predicted molar refractivity (Wildman–Crippen MR) is 98.0 cm³/mol. The number of carbonyl (C=O) groups is 2. The van der Waals surface area contributed by atoms with Crippen molar-refractivity contribution in [2.45, 2.75) is 38.6 Å². The van der Waals surface area contributed by atoms with Gasteiger partial charge in [-0.1, -0.05) is 25.8 Å². The fourth-order valence-electron chi connectivity index (χ4n) is 2.57. The van der Waals surface area contributed by atoms with Gasteiger partial charge in [0.2, 0.25) is 5.91 Å². The van der Waals surface area contributed by atoms with E-state index in [9.17, 15) is 14.0 Å². The number of nitrogens with one attached hydrogen (secondary N) is 2. The van der Waals surface area contributed by atoms with Gasteiger partial charge in [0.25, 0.3) is 5.91 Å². The first-order valence-electron chi connectivity index (χ1n) is 8.83. The number of halogens is 1. The molecule has 26 heavy (non-hydrogen) atoms. The summed E-state index contributed by atoms with van der Waals surface area (Å²) in [6.07, 6.45) is 6.53. The number of aromatic nitrogens is 1. The van der Waals surface area contributed by atoms with Crippen LogP contribution < -0.4 is 10.6 Å². The van der Waals surface area contributed by atoms with Gasteiger partial charge in [0.1, 0.15) is 5.82 Å². The Bertz CT molecular complexity index is 705. The van der Waals surface area contributed by atoms with E-state index in [4.69, 9.17) is 0 Å². The molecule has 2 rings (SSSR count). The van der Waals surface area contributed by atoms with E-state index in [1.807, 2.05) is 12.1 Å². The SMILES string of the molecule is CCCC[C@@H](NC(=O)CCNC(=O)c1ccc(F)cc1)c1cccnc1. The van der Waals surface area contributed by atoms with Crippen LogP contribution in [0.25, 0.3) is 0 Å². The molecule has 0 fully saturated rings. The number of hydrogen-bond acceptors (Lipinski definition) is 3. The van der Waals surface area contributed by atoms with Crippen molar-refractivity contribution >= 4 is 11.8 Å². The largest absolute Gasteiger partial charge is 0.352 e. The number of rotatable bonds is 9. The molecule has 0 bridgehead atoms. The van der Waals surface area contributed by atoms with Crippen molar-refractivity contribution in [1.82, 2.24) is 15.6 Å². The minimum absolute atomic E-state index is 0.0797. The summed E-state index contributed by atoms with van der Waals surface area (Å²) < 4.78 is 12.9. The highest BCUT2D eigenvalue weighted by molar-refractivity contribution is 5.94. The molecular weight excluding hydrogens is 333 g/mol. The van der Waals surface area contributed by atoms with Gasteiger partial charge < -0.3 is 10.6 Å². The standard InChI is InChI=1S/C20H24FN3O2/c1-2-3-6-18(16-5-4-12-22-14-16)24-19(25)11-13-23-20(26)15-7-9-17(21)10-8-15/h4-5,7-10,12,14,18H,2-3,6,11,13H2,1H3,(H,23,26)(H,24,25)/t18-/m1/s1. The van der Waals surface area contributed by atoms with E-state index in [0.717, 1.165) is 24.8 Å². The molecule has 2 amide bonds. The van der Waals surface area contributed by atoms with Crippen LogP contribution in [0, 0.1) is 5.82 Å². The first kappa shape index (κ1) is 19.6. The first-order valence-corrected chi connectivity index (χ1v) is 8.83. The number of pyridine rings is 1. The summed E-state index contributed by atoms with van der Waals surface area (Å²) in [5.74, 6) is -0.851. The molecule has 6 heteroatoms. The van der Waals surface area contributed by atoms with E-state index in [1.165, 1.54) is 24.3 Å². The maximum Gasteiger partial charge on any atom is 0.251 e. The lowest BCUT2D eigenvalue weighted by Crippen LogP contribution is -2.33. The number of hydrogen-bond donors (Lipinski definition) is 2. The molecule has 0 unspecified atom stereocenters. The highest BCUT2D eigenvalue weighted by atomic mass is 19.1. The molecule has 1 aromatic carbocycles. The molecule has 5 nitrogen and oxygen atoms in total. The van der Waals surface area contributed by atoms with Crippen molar-refractivity contribution in [3.05, 3.63) is 65.7 Å². The number of amides is 2. The Hall–Kier alpha value is -2.76. The Morgan fingerprint density at radius 3 is 2.62 bits per heavy atom. The lowest BCUT2D eigenvalue weighted by Gasteiger charge is -2.19. The second-order valence-electron chi connectivity index (χ2n) is 6.06. The van der Waals surface area contributed by atoms with Gasteiger partial charge in [-0.25, -0.2) is 4.39 Å². The summed E-state index contributed by atoms with van der Waals surface area (Å²) in [5, 5.41) is 5.68. The van der Waals surface area contributed by atoms with Crippen LogP contribution in [0.1, 0.15) is 54.6 Å². The molecule has 2 N–H and O–H groups in total. The molecule has 0 radical (unpaired) electrons. The van der Waals surface area contributed by atoms with Crippen LogP contribution in [0.5, 0.6) is 0 Å². The Morgan fingerprint density at radius 2 is 1.96 bits per heavy atom. The molecule has 138 valence electrons. The van der Waals surface area contributed by atoms with Crippen molar-refractivity contribution in [1.29, 1.82) is 0 Å².